The summed E-state index contributed by atoms with van der Waals surface area (Å²) in [6.45, 7) is 2.18. The van der Waals surface area contributed by atoms with Crippen molar-refractivity contribution in [2.45, 2.75) is 19.4 Å². The van der Waals surface area contributed by atoms with E-state index in [1.54, 1.807) is 6.92 Å². The molecule has 0 bridgehead atoms. The van der Waals surface area contributed by atoms with Gasteiger partial charge in [0.05, 0.1) is 24.9 Å². The Kier molecular flexibility index (Phi) is 4.06. The molecule has 0 aromatic carbocycles. The highest BCUT2D eigenvalue weighted by molar-refractivity contribution is 7.89. The number of aliphatic hydroxyl groups is 1. The second kappa shape index (κ2) is 4.91. The van der Waals surface area contributed by atoms with Crippen LogP contribution in [0, 0.1) is 0 Å². The van der Waals surface area contributed by atoms with Crippen molar-refractivity contribution in [2.24, 2.45) is 0 Å². The Morgan fingerprint density at radius 3 is 2.60 bits per heavy atom. The first-order chi connectivity index (χ1) is 6.95. The number of carbonyl (C=O) groups excluding carboxylic acids is 1. The number of aliphatic hydroxyl groups excluding tert-OH is 1. The number of nitrogens with zero attached hydrogens (tertiary/aromatic N) is 1. The second-order valence-corrected chi connectivity index (χ2v) is 5.43. The van der Waals surface area contributed by atoms with Gasteiger partial charge in [0, 0.05) is 13.1 Å². The maximum absolute atomic E-state index is 11.5. The predicted molar refractivity (Wildman–Crippen MR) is 52.6 cm³/mol. The van der Waals surface area contributed by atoms with E-state index in [0.717, 1.165) is 4.31 Å². The van der Waals surface area contributed by atoms with Crippen LogP contribution in [0.1, 0.15) is 13.3 Å². The van der Waals surface area contributed by atoms with E-state index >= 15 is 0 Å². The average Bonchev–Trinajstić information content (AvgIpc) is 2.10. The molecule has 0 radical (unpaired) electrons. The number of rotatable bonds is 5. The number of esters is 1. The Morgan fingerprint density at radius 2 is 2.13 bits per heavy atom. The third-order valence-electron chi connectivity index (χ3n) is 2.09. The fourth-order valence-electron chi connectivity index (χ4n) is 1.22. The first-order valence-corrected chi connectivity index (χ1v) is 6.38. The number of sulfonamides is 1. The molecule has 1 N–H and O–H groups in total. The lowest BCUT2D eigenvalue weighted by Gasteiger charge is -2.34. The highest BCUT2D eigenvalue weighted by Gasteiger charge is 2.34. The van der Waals surface area contributed by atoms with Crippen LogP contribution in [0.25, 0.3) is 0 Å². The van der Waals surface area contributed by atoms with E-state index in [1.807, 2.05) is 0 Å². The zero-order valence-corrected chi connectivity index (χ0v) is 9.37. The highest BCUT2D eigenvalue weighted by Crippen LogP contribution is 2.14. The van der Waals surface area contributed by atoms with Gasteiger partial charge in [-0.15, -0.1) is 0 Å². The first kappa shape index (κ1) is 12.4. The smallest absolute Gasteiger partial charge is 0.306 e. The number of hydrogen-bond acceptors (Lipinski definition) is 5. The van der Waals surface area contributed by atoms with Crippen LogP contribution >= 0.6 is 0 Å². The monoisotopic (exact) mass is 237 g/mol. The minimum Gasteiger partial charge on any atom is -0.466 e. The van der Waals surface area contributed by atoms with Crippen molar-refractivity contribution in [1.82, 2.24) is 4.31 Å². The molecule has 1 saturated heterocycles. The zero-order chi connectivity index (χ0) is 11.5. The number of ether oxygens (including phenoxy) is 1. The van der Waals surface area contributed by atoms with Crippen molar-refractivity contribution < 1.29 is 23.1 Å². The van der Waals surface area contributed by atoms with Crippen LogP contribution in [0.3, 0.4) is 0 Å². The maximum atomic E-state index is 11.5. The Hall–Kier alpha value is -0.660. The van der Waals surface area contributed by atoms with Gasteiger partial charge in [-0.05, 0) is 6.92 Å². The SMILES string of the molecule is CCOC(=O)CCS(=O)(=O)N1CC(O)C1. The van der Waals surface area contributed by atoms with E-state index in [0.29, 0.717) is 0 Å². The second-order valence-electron chi connectivity index (χ2n) is 3.34. The summed E-state index contributed by atoms with van der Waals surface area (Å²) in [6, 6.07) is 0. The molecule has 1 aliphatic heterocycles. The van der Waals surface area contributed by atoms with Crippen molar-refractivity contribution in [3.63, 3.8) is 0 Å². The highest BCUT2D eigenvalue weighted by atomic mass is 32.2. The van der Waals surface area contributed by atoms with Crippen LogP contribution in [0.5, 0.6) is 0 Å². The summed E-state index contributed by atoms with van der Waals surface area (Å²) < 4.78 is 28.7. The fraction of sp³-hybridized carbons (Fsp3) is 0.875. The van der Waals surface area contributed by atoms with Crippen LogP contribution in [0.15, 0.2) is 0 Å². The van der Waals surface area contributed by atoms with E-state index in [2.05, 4.69) is 4.74 Å². The van der Waals surface area contributed by atoms with Gasteiger partial charge in [-0.3, -0.25) is 4.79 Å². The van der Waals surface area contributed by atoms with Crippen LogP contribution in [-0.2, 0) is 19.6 Å². The van der Waals surface area contributed by atoms with Crippen LogP contribution in [-0.4, -0.2) is 55.4 Å². The minimum absolute atomic E-state index is 0.130. The van der Waals surface area contributed by atoms with Gasteiger partial charge in [0.2, 0.25) is 10.0 Å². The van der Waals surface area contributed by atoms with Gasteiger partial charge < -0.3 is 9.84 Å². The van der Waals surface area contributed by atoms with Crippen LogP contribution in [0.2, 0.25) is 0 Å². The lowest BCUT2D eigenvalue weighted by atomic mass is 10.2. The summed E-state index contributed by atoms with van der Waals surface area (Å²) in [5, 5.41) is 8.95. The van der Waals surface area contributed by atoms with Gasteiger partial charge in [0.1, 0.15) is 0 Å². The van der Waals surface area contributed by atoms with E-state index in [9.17, 15) is 13.2 Å². The van der Waals surface area contributed by atoms with Gasteiger partial charge in [-0.25, -0.2) is 8.42 Å². The summed E-state index contributed by atoms with van der Waals surface area (Å²) in [7, 11) is -3.40. The maximum Gasteiger partial charge on any atom is 0.306 e. The fourth-order valence-corrected chi connectivity index (χ4v) is 2.70. The molecule has 1 fully saturated rings. The van der Waals surface area contributed by atoms with Gasteiger partial charge in [-0.2, -0.15) is 4.31 Å². The molecule has 0 aromatic heterocycles. The summed E-state index contributed by atoms with van der Waals surface area (Å²) >= 11 is 0. The molecule has 0 atom stereocenters. The standard InChI is InChI=1S/C8H15NO5S/c1-2-14-8(11)3-4-15(12,13)9-5-7(10)6-9/h7,10H,2-6H2,1H3. The van der Waals surface area contributed by atoms with Crippen molar-refractivity contribution in [3.8, 4) is 0 Å². The average molecular weight is 237 g/mol. The van der Waals surface area contributed by atoms with Crippen molar-refractivity contribution >= 4 is 16.0 Å². The minimum atomic E-state index is -3.40. The molecule has 0 saturated carbocycles. The number of carbonyl (C=O) groups is 1. The zero-order valence-electron chi connectivity index (χ0n) is 8.55. The van der Waals surface area contributed by atoms with Crippen molar-refractivity contribution in [1.29, 1.82) is 0 Å². The molecule has 0 aliphatic carbocycles. The molecule has 7 heteroatoms. The normalized spacial score (nSPS) is 18.5. The molecule has 0 unspecified atom stereocenters. The molecule has 1 rings (SSSR count). The molecule has 0 aromatic rings. The Bertz CT molecular complexity index is 320. The molecule has 6 nitrogen and oxygen atoms in total. The van der Waals surface area contributed by atoms with Gasteiger partial charge >= 0.3 is 5.97 Å². The van der Waals surface area contributed by atoms with E-state index in [-0.39, 0.29) is 31.9 Å². The molecule has 0 amide bonds. The summed E-state index contributed by atoms with van der Waals surface area (Å²) in [4.78, 5) is 10.9. The third-order valence-corrected chi connectivity index (χ3v) is 3.90. The summed E-state index contributed by atoms with van der Waals surface area (Å²) in [5.41, 5.74) is 0. The van der Waals surface area contributed by atoms with Crippen molar-refractivity contribution in [2.75, 3.05) is 25.4 Å². The number of hydrogen-bond donors (Lipinski definition) is 1. The van der Waals surface area contributed by atoms with Crippen LogP contribution < -0.4 is 0 Å². The van der Waals surface area contributed by atoms with Gasteiger partial charge in [0.15, 0.2) is 0 Å². The predicted octanol–water partition coefficient (Wildman–Crippen LogP) is -1.05. The summed E-state index contributed by atoms with van der Waals surface area (Å²) in [5.74, 6) is -0.763. The van der Waals surface area contributed by atoms with Crippen LogP contribution in [0.4, 0.5) is 0 Å². The third kappa shape index (κ3) is 3.44. The molecular weight excluding hydrogens is 222 g/mol. The van der Waals surface area contributed by atoms with E-state index in [4.69, 9.17) is 5.11 Å². The van der Waals surface area contributed by atoms with Crippen molar-refractivity contribution in [3.05, 3.63) is 0 Å². The Labute approximate surface area is 88.9 Å². The Morgan fingerprint density at radius 1 is 1.53 bits per heavy atom. The van der Waals surface area contributed by atoms with Gasteiger partial charge in [-0.1, -0.05) is 0 Å². The number of β-amino-alcohol motifs (C(OH)–C–C–N with tert-alkyl or cyclic N) is 1. The topological polar surface area (TPSA) is 83.9 Å². The van der Waals surface area contributed by atoms with Gasteiger partial charge in [0.25, 0.3) is 0 Å². The quantitative estimate of drug-likeness (QED) is 0.617. The lowest BCUT2D eigenvalue weighted by Crippen LogP contribution is -2.54. The summed E-state index contributed by atoms with van der Waals surface area (Å²) in [6.07, 6.45) is -0.703. The molecule has 1 heterocycles. The molecule has 15 heavy (non-hydrogen) atoms. The molecule has 88 valence electrons. The lowest BCUT2D eigenvalue weighted by molar-refractivity contribution is -0.142. The largest absolute Gasteiger partial charge is 0.466 e. The molecule has 0 spiro atoms. The molecular formula is C8H15NO5S. The Balaban J connectivity index is 2.34. The molecule has 1 aliphatic rings. The van der Waals surface area contributed by atoms with E-state index < -0.39 is 22.1 Å². The first-order valence-electron chi connectivity index (χ1n) is 4.77. The van der Waals surface area contributed by atoms with E-state index in [1.165, 1.54) is 0 Å².